The average molecular weight is 309 g/mol. The number of nitrogens with zero attached hydrogens (tertiary/aromatic N) is 2. The SMILES string of the molecule is O=C(O)CCNC(=O)N1CCCN(c2ccccc2F)CC1. The van der Waals surface area contributed by atoms with Crippen LogP contribution < -0.4 is 10.2 Å². The van der Waals surface area contributed by atoms with Crippen LogP contribution in [0.5, 0.6) is 0 Å². The molecule has 0 unspecified atom stereocenters. The Morgan fingerprint density at radius 1 is 1.18 bits per heavy atom. The van der Waals surface area contributed by atoms with Crippen LogP contribution in [-0.2, 0) is 4.79 Å². The fraction of sp³-hybridized carbons (Fsp3) is 0.467. The van der Waals surface area contributed by atoms with Gasteiger partial charge in [0.25, 0.3) is 0 Å². The molecule has 2 N–H and O–H groups in total. The highest BCUT2D eigenvalue weighted by Gasteiger charge is 2.20. The number of carboxylic acid groups (broad SMARTS) is 1. The minimum Gasteiger partial charge on any atom is -0.481 e. The van der Waals surface area contributed by atoms with Gasteiger partial charge >= 0.3 is 12.0 Å². The van der Waals surface area contributed by atoms with Crippen molar-refractivity contribution in [2.24, 2.45) is 0 Å². The molecule has 0 atom stereocenters. The summed E-state index contributed by atoms with van der Waals surface area (Å²) in [7, 11) is 0. The number of hydrogen-bond acceptors (Lipinski definition) is 3. The maximum absolute atomic E-state index is 13.8. The van der Waals surface area contributed by atoms with E-state index in [1.807, 2.05) is 4.90 Å². The summed E-state index contributed by atoms with van der Waals surface area (Å²) in [6.45, 7) is 2.39. The molecule has 2 rings (SSSR count). The predicted octanol–water partition coefficient (Wildman–Crippen LogP) is 1.52. The Hall–Kier alpha value is -2.31. The second kappa shape index (κ2) is 7.63. The molecule has 1 aromatic rings. The fourth-order valence-electron chi connectivity index (χ4n) is 2.46. The van der Waals surface area contributed by atoms with E-state index in [1.165, 1.54) is 6.07 Å². The maximum Gasteiger partial charge on any atom is 0.317 e. The van der Waals surface area contributed by atoms with Gasteiger partial charge in [0.2, 0.25) is 0 Å². The monoisotopic (exact) mass is 309 g/mol. The van der Waals surface area contributed by atoms with Gasteiger partial charge in [-0.25, -0.2) is 9.18 Å². The molecule has 6 nitrogen and oxygen atoms in total. The van der Waals surface area contributed by atoms with Gasteiger partial charge in [-0.1, -0.05) is 12.1 Å². The van der Waals surface area contributed by atoms with Crippen LogP contribution in [-0.4, -0.2) is 54.7 Å². The number of carboxylic acids is 1. The molecule has 2 amide bonds. The summed E-state index contributed by atoms with van der Waals surface area (Å²) in [5.41, 5.74) is 0.552. The standard InChI is InChI=1S/C15H20FN3O3/c16-12-4-1-2-5-13(12)18-8-3-9-19(11-10-18)15(22)17-7-6-14(20)21/h1-2,4-5H,3,6-11H2,(H,17,22)(H,20,21). The Morgan fingerprint density at radius 2 is 1.95 bits per heavy atom. The molecular formula is C15H20FN3O3. The third-order valence-electron chi connectivity index (χ3n) is 3.59. The Bertz CT molecular complexity index is 539. The van der Waals surface area contributed by atoms with Gasteiger partial charge in [0.05, 0.1) is 12.1 Å². The van der Waals surface area contributed by atoms with Crippen LogP contribution in [0.4, 0.5) is 14.9 Å². The normalized spacial score (nSPS) is 15.3. The lowest BCUT2D eigenvalue weighted by Crippen LogP contribution is -2.42. The molecule has 7 heteroatoms. The molecule has 0 radical (unpaired) electrons. The van der Waals surface area contributed by atoms with Crippen molar-refractivity contribution >= 4 is 17.7 Å². The van der Waals surface area contributed by atoms with Crippen LogP contribution in [0.1, 0.15) is 12.8 Å². The van der Waals surface area contributed by atoms with Gasteiger partial charge in [-0.15, -0.1) is 0 Å². The number of benzene rings is 1. The molecule has 1 aliphatic heterocycles. The molecule has 0 aromatic heterocycles. The van der Waals surface area contributed by atoms with Crippen LogP contribution in [0.2, 0.25) is 0 Å². The molecule has 1 fully saturated rings. The second-order valence-corrected chi connectivity index (χ2v) is 5.15. The van der Waals surface area contributed by atoms with Gasteiger partial charge < -0.3 is 20.2 Å². The summed E-state index contributed by atoms with van der Waals surface area (Å²) in [4.78, 5) is 26.0. The Labute approximate surface area is 128 Å². The first-order valence-corrected chi connectivity index (χ1v) is 7.32. The lowest BCUT2D eigenvalue weighted by Gasteiger charge is -2.24. The highest BCUT2D eigenvalue weighted by atomic mass is 19.1. The van der Waals surface area contributed by atoms with Crippen LogP contribution >= 0.6 is 0 Å². The summed E-state index contributed by atoms with van der Waals surface area (Å²) in [5.74, 6) is -1.20. The molecule has 0 bridgehead atoms. The van der Waals surface area contributed by atoms with Crippen molar-refractivity contribution in [1.29, 1.82) is 0 Å². The number of halogens is 1. The summed E-state index contributed by atoms with van der Waals surface area (Å²) < 4.78 is 13.8. The first-order chi connectivity index (χ1) is 10.6. The average Bonchev–Trinajstić information content (AvgIpc) is 2.73. The Morgan fingerprint density at radius 3 is 2.68 bits per heavy atom. The third kappa shape index (κ3) is 4.34. The topological polar surface area (TPSA) is 72.9 Å². The summed E-state index contributed by atoms with van der Waals surface area (Å²) >= 11 is 0. The largest absolute Gasteiger partial charge is 0.481 e. The number of aliphatic carboxylic acids is 1. The van der Waals surface area contributed by atoms with Crippen molar-refractivity contribution in [1.82, 2.24) is 10.2 Å². The molecule has 1 heterocycles. The minimum atomic E-state index is -0.943. The molecular weight excluding hydrogens is 289 g/mol. The Balaban J connectivity index is 1.88. The minimum absolute atomic E-state index is 0.0963. The maximum atomic E-state index is 13.8. The zero-order valence-corrected chi connectivity index (χ0v) is 12.3. The molecule has 0 aliphatic carbocycles. The van der Waals surface area contributed by atoms with E-state index in [4.69, 9.17) is 5.11 Å². The molecule has 1 saturated heterocycles. The smallest absolute Gasteiger partial charge is 0.317 e. The van der Waals surface area contributed by atoms with Crippen LogP contribution in [0, 0.1) is 5.82 Å². The van der Waals surface area contributed by atoms with Crippen molar-refractivity contribution in [3.05, 3.63) is 30.1 Å². The second-order valence-electron chi connectivity index (χ2n) is 5.15. The van der Waals surface area contributed by atoms with Crippen LogP contribution in [0.15, 0.2) is 24.3 Å². The van der Waals surface area contributed by atoms with E-state index in [1.54, 1.807) is 23.1 Å². The number of para-hydroxylation sites is 1. The van der Waals surface area contributed by atoms with E-state index >= 15 is 0 Å². The van der Waals surface area contributed by atoms with Gasteiger partial charge in [0.15, 0.2) is 0 Å². The first kappa shape index (κ1) is 16.1. The molecule has 1 aromatic carbocycles. The molecule has 1 aliphatic rings. The Kier molecular flexibility index (Phi) is 5.57. The van der Waals surface area contributed by atoms with Crippen molar-refractivity contribution in [3.63, 3.8) is 0 Å². The van der Waals surface area contributed by atoms with Gasteiger partial charge in [0, 0.05) is 32.7 Å². The predicted molar refractivity (Wildman–Crippen MR) is 80.5 cm³/mol. The molecule has 0 saturated carbocycles. The number of rotatable bonds is 4. The van der Waals surface area contributed by atoms with Gasteiger partial charge in [0.1, 0.15) is 5.82 Å². The molecule has 22 heavy (non-hydrogen) atoms. The van der Waals surface area contributed by atoms with Crippen LogP contribution in [0.3, 0.4) is 0 Å². The molecule has 120 valence electrons. The van der Waals surface area contributed by atoms with E-state index in [0.29, 0.717) is 31.9 Å². The van der Waals surface area contributed by atoms with E-state index < -0.39 is 5.97 Å². The number of anilines is 1. The highest BCUT2D eigenvalue weighted by Crippen LogP contribution is 2.20. The van der Waals surface area contributed by atoms with Gasteiger partial charge in [-0.3, -0.25) is 4.79 Å². The summed E-state index contributed by atoms with van der Waals surface area (Å²) in [6, 6.07) is 6.34. The lowest BCUT2D eigenvalue weighted by atomic mass is 10.2. The third-order valence-corrected chi connectivity index (χ3v) is 3.59. The number of carbonyl (C=O) groups excluding carboxylic acids is 1. The van der Waals surface area contributed by atoms with E-state index in [0.717, 1.165) is 6.42 Å². The van der Waals surface area contributed by atoms with Crippen molar-refractivity contribution < 1.29 is 19.1 Å². The van der Waals surface area contributed by atoms with Crippen LogP contribution in [0.25, 0.3) is 0 Å². The number of urea groups is 1. The molecule has 0 spiro atoms. The highest BCUT2D eigenvalue weighted by molar-refractivity contribution is 5.75. The first-order valence-electron chi connectivity index (χ1n) is 7.32. The number of nitrogens with one attached hydrogen (secondary N) is 1. The van der Waals surface area contributed by atoms with Gasteiger partial charge in [-0.05, 0) is 18.6 Å². The zero-order chi connectivity index (χ0) is 15.9. The van der Waals surface area contributed by atoms with E-state index in [2.05, 4.69) is 5.32 Å². The summed E-state index contributed by atoms with van der Waals surface area (Å²) in [5, 5.41) is 11.2. The quantitative estimate of drug-likeness (QED) is 0.884. The number of carbonyl (C=O) groups is 2. The van der Waals surface area contributed by atoms with Gasteiger partial charge in [-0.2, -0.15) is 0 Å². The zero-order valence-electron chi connectivity index (χ0n) is 12.3. The number of amides is 2. The van der Waals surface area contributed by atoms with Crippen molar-refractivity contribution in [3.8, 4) is 0 Å². The van der Waals surface area contributed by atoms with Crippen molar-refractivity contribution in [2.45, 2.75) is 12.8 Å². The summed E-state index contributed by atoms with van der Waals surface area (Å²) in [6.07, 6.45) is 0.640. The van der Waals surface area contributed by atoms with E-state index in [-0.39, 0.29) is 24.8 Å². The number of hydrogen-bond donors (Lipinski definition) is 2. The fourth-order valence-corrected chi connectivity index (χ4v) is 2.46. The lowest BCUT2D eigenvalue weighted by molar-refractivity contribution is -0.136. The van der Waals surface area contributed by atoms with Crippen molar-refractivity contribution in [2.75, 3.05) is 37.6 Å². The van der Waals surface area contributed by atoms with E-state index in [9.17, 15) is 14.0 Å².